The molecule has 2 amide bonds. The number of carbonyl (C=O) groups excluding carboxylic acids is 2. The number of para-hydroxylation sites is 2. The van der Waals surface area contributed by atoms with E-state index < -0.39 is 5.54 Å². The fraction of sp³-hybridized carbons (Fsp3) is 0.417. The molecule has 3 aliphatic rings. The molecule has 162 valence electrons. The summed E-state index contributed by atoms with van der Waals surface area (Å²) in [7, 11) is 0. The lowest BCUT2D eigenvalue weighted by Gasteiger charge is -2.43. The van der Waals surface area contributed by atoms with Crippen LogP contribution in [0.3, 0.4) is 0 Å². The topological polar surface area (TPSA) is 65.1 Å². The Hall–Kier alpha value is -3.06. The third kappa shape index (κ3) is 3.63. The lowest BCUT2D eigenvalue weighted by Crippen LogP contribution is -2.56. The van der Waals surface area contributed by atoms with Crippen molar-refractivity contribution in [2.75, 3.05) is 44.5 Å². The summed E-state index contributed by atoms with van der Waals surface area (Å²) in [5.41, 5.74) is 1.29. The lowest BCUT2D eigenvalue weighted by molar-refractivity contribution is -0.125. The number of nitrogens with zero attached hydrogens (tertiary/aromatic N) is 3. The van der Waals surface area contributed by atoms with Gasteiger partial charge in [0.25, 0.3) is 5.91 Å². The molecule has 0 aliphatic carbocycles. The molecule has 0 radical (unpaired) electrons. The highest BCUT2D eigenvalue weighted by Crippen LogP contribution is 2.36. The summed E-state index contributed by atoms with van der Waals surface area (Å²) in [5.74, 6) is 0.856. The second-order valence-corrected chi connectivity index (χ2v) is 8.49. The SMILES string of the molecule is O=C1c2ccccc2OCN1CCCN1CCC2(CC1)C(=O)NCN2c1ccccc1. The molecule has 0 bridgehead atoms. The zero-order chi connectivity index (χ0) is 21.3. The van der Waals surface area contributed by atoms with Crippen molar-refractivity contribution in [2.45, 2.75) is 24.8 Å². The number of hydrogen-bond donors (Lipinski definition) is 1. The van der Waals surface area contributed by atoms with Gasteiger partial charge in [-0.1, -0.05) is 30.3 Å². The third-order valence-corrected chi connectivity index (χ3v) is 6.77. The first-order valence-electron chi connectivity index (χ1n) is 11.0. The molecule has 0 aromatic heterocycles. The molecule has 3 aliphatic heterocycles. The van der Waals surface area contributed by atoms with Crippen LogP contribution in [0.2, 0.25) is 0 Å². The van der Waals surface area contributed by atoms with Crippen molar-refractivity contribution in [1.82, 2.24) is 15.1 Å². The average Bonchev–Trinajstić information content (AvgIpc) is 3.13. The normalized spacial score (nSPS) is 20.5. The Morgan fingerprint density at radius 2 is 1.68 bits per heavy atom. The number of ether oxygens (including phenoxy) is 1. The molecule has 31 heavy (non-hydrogen) atoms. The van der Waals surface area contributed by atoms with E-state index in [4.69, 9.17) is 4.74 Å². The van der Waals surface area contributed by atoms with Gasteiger partial charge in [0.2, 0.25) is 5.91 Å². The van der Waals surface area contributed by atoms with Crippen LogP contribution in [0.15, 0.2) is 54.6 Å². The number of benzene rings is 2. The van der Waals surface area contributed by atoms with Gasteiger partial charge in [0.05, 0.1) is 12.2 Å². The summed E-state index contributed by atoms with van der Waals surface area (Å²) in [6.45, 7) is 4.22. The Balaban J connectivity index is 1.15. The van der Waals surface area contributed by atoms with Crippen LogP contribution in [-0.4, -0.2) is 66.7 Å². The van der Waals surface area contributed by atoms with Gasteiger partial charge in [0.15, 0.2) is 6.73 Å². The molecule has 0 atom stereocenters. The van der Waals surface area contributed by atoms with Crippen LogP contribution in [0.1, 0.15) is 29.6 Å². The molecule has 3 heterocycles. The van der Waals surface area contributed by atoms with Crippen molar-refractivity contribution in [3.63, 3.8) is 0 Å². The smallest absolute Gasteiger partial charge is 0.260 e. The Morgan fingerprint density at radius 3 is 2.48 bits per heavy atom. The molecule has 2 aromatic carbocycles. The number of hydrogen-bond acceptors (Lipinski definition) is 5. The lowest BCUT2D eigenvalue weighted by atomic mass is 9.85. The molecule has 7 heteroatoms. The molecule has 5 rings (SSSR count). The van der Waals surface area contributed by atoms with Crippen molar-refractivity contribution in [3.8, 4) is 5.75 Å². The monoisotopic (exact) mass is 420 g/mol. The van der Waals surface area contributed by atoms with Crippen LogP contribution in [0.5, 0.6) is 5.75 Å². The molecule has 1 N–H and O–H groups in total. The highest BCUT2D eigenvalue weighted by atomic mass is 16.5. The minimum Gasteiger partial charge on any atom is -0.472 e. The second kappa shape index (κ2) is 8.23. The van der Waals surface area contributed by atoms with E-state index in [0.717, 1.165) is 44.6 Å². The van der Waals surface area contributed by atoms with E-state index in [1.165, 1.54) is 0 Å². The zero-order valence-electron chi connectivity index (χ0n) is 17.6. The van der Waals surface area contributed by atoms with Gasteiger partial charge < -0.3 is 24.8 Å². The van der Waals surface area contributed by atoms with Gasteiger partial charge in [0, 0.05) is 25.3 Å². The molecular weight excluding hydrogens is 392 g/mol. The number of carbonyl (C=O) groups is 2. The van der Waals surface area contributed by atoms with Crippen LogP contribution in [-0.2, 0) is 4.79 Å². The molecule has 2 saturated heterocycles. The van der Waals surface area contributed by atoms with Gasteiger partial charge >= 0.3 is 0 Å². The van der Waals surface area contributed by atoms with Crippen molar-refractivity contribution in [3.05, 3.63) is 60.2 Å². The fourth-order valence-electron chi connectivity index (χ4n) is 4.98. The van der Waals surface area contributed by atoms with Crippen molar-refractivity contribution in [2.24, 2.45) is 0 Å². The largest absolute Gasteiger partial charge is 0.472 e. The fourth-order valence-corrected chi connectivity index (χ4v) is 4.98. The minimum atomic E-state index is -0.446. The van der Waals surface area contributed by atoms with E-state index in [2.05, 4.69) is 27.2 Å². The maximum atomic E-state index is 12.8. The van der Waals surface area contributed by atoms with Crippen molar-refractivity contribution >= 4 is 17.5 Å². The summed E-state index contributed by atoms with van der Waals surface area (Å²) < 4.78 is 5.72. The molecule has 1 spiro atoms. The molecular formula is C24H28N4O3. The first-order chi connectivity index (χ1) is 15.2. The number of amides is 2. The first kappa shape index (κ1) is 19.9. The van der Waals surface area contributed by atoms with E-state index in [1.807, 2.05) is 42.5 Å². The maximum Gasteiger partial charge on any atom is 0.260 e. The van der Waals surface area contributed by atoms with E-state index >= 15 is 0 Å². The highest BCUT2D eigenvalue weighted by molar-refractivity contribution is 5.97. The summed E-state index contributed by atoms with van der Waals surface area (Å²) >= 11 is 0. The molecule has 2 fully saturated rings. The van der Waals surface area contributed by atoms with Crippen LogP contribution < -0.4 is 15.0 Å². The van der Waals surface area contributed by atoms with Crippen LogP contribution in [0.4, 0.5) is 5.69 Å². The van der Waals surface area contributed by atoms with Crippen LogP contribution in [0, 0.1) is 0 Å². The third-order valence-electron chi connectivity index (χ3n) is 6.77. The predicted octanol–water partition coefficient (Wildman–Crippen LogP) is 2.30. The first-order valence-corrected chi connectivity index (χ1v) is 11.0. The molecule has 0 unspecified atom stereocenters. The summed E-state index contributed by atoms with van der Waals surface area (Å²) in [5, 5.41) is 3.05. The number of piperidine rings is 1. The molecule has 2 aromatic rings. The Bertz CT molecular complexity index is 956. The standard InChI is InChI=1S/C24H28N4O3/c29-22-20-9-4-5-10-21(20)31-18-27(22)14-6-13-26-15-11-24(12-16-26)23(30)25-17-28(24)19-7-2-1-3-8-19/h1-5,7-10H,6,11-18H2,(H,25,30). The minimum absolute atomic E-state index is 0.0422. The Labute approximate surface area is 182 Å². The quantitative estimate of drug-likeness (QED) is 0.804. The molecule has 7 nitrogen and oxygen atoms in total. The van der Waals surface area contributed by atoms with E-state index in [1.54, 1.807) is 4.90 Å². The average molecular weight is 421 g/mol. The number of fused-ring (bicyclic) bond motifs is 1. The number of nitrogens with one attached hydrogen (secondary N) is 1. The summed E-state index contributed by atoms with van der Waals surface area (Å²) in [6.07, 6.45) is 2.51. The van der Waals surface area contributed by atoms with Gasteiger partial charge in [-0.2, -0.15) is 0 Å². The van der Waals surface area contributed by atoms with Gasteiger partial charge in [-0.05, 0) is 50.1 Å². The van der Waals surface area contributed by atoms with Gasteiger partial charge in [0.1, 0.15) is 11.3 Å². The van der Waals surface area contributed by atoms with E-state index in [0.29, 0.717) is 31.3 Å². The van der Waals surface area contributed by atoms with Crippen molar-refractivity contribution in [1.29, 1.82) is 0 Å². The number of anilines is 1. The van der Waals surface area contributed by atoms with E-state index in [9.17, 15) is 9.59 Å². The Morgan fingerprint density at radius 1 is 0.935 bits per heavy atom. The van der Waals surface area contributed by atoms with E-state index in [-0.39, 0.29) is 11.8 Å². The second-order valence-electron chi connectivity index (χ2n) is 8.49. The van der Waals surface area contributed by atoms with Crippen LogP contribution >= 0.6 is 0 Å². The predicted molar refractivity (Wildman–Crippen MR) is 118 cm³/mol. The van der Waals surface area contributed by atoms with Crippen molar-refractivity contribution < 1.29 is 14.3 Å². The zero-order valence-corrected chi connectivity index (χ0v) is 17.6. The molecule has 0 saturated carbocycles. The number of rotatable bonds is 5. The van der Waals surface area contributed by atoms with Gasteiger partial charge in [-0.15, -0.1) is 0 Å². The van der Waals surface area contributed by atoms with Gasteiger partial charge in [-0.25, -0.2) is 0 Å². The summed E-state index contributed by atoms with van der Waals surface area (Å²) in [6, 6.07) is 17.6. The van der Waals surface area contributed by atoms with Gasteiger partial charge in [-0.3, -0.25) is 9.59 Å². The highest BCUT2D eigenvalue weighted by Gasteiger charge is 2.50. The number of likely N-dealkylation sites (tertiary alicyclic amines) is 1. The van der Waals surface area contributed by atoms with Crippen LogP contribution in [0.25, 0.3) is 0 Å². The Kier molecular flexibility index (Phi) is 5.28. The summed E-state index contributed by atoms with van der Waals surface area (Å²) in [4.78, 5) is 31.8. The maximum absolute atomic E-state index is 12.8.